The van der Waals surface area contributed by atoms with Crippen LogP contribution < -0.4 is 10.9 Å². The number of carbonyl (C=O) groups is 2. The Bertz CT molecular complexity index is 1120. The predicted octanol–water partition coefficient (Wildman–Crippen LogP) is 4.17. The Labute approximate surface area is 178 Å². The molecule has 0 aliphatic rings. The molecule has 30 heavy (non-hydrogen) atoms. The van der Waals surface area contributed by atoms with Crippen LogP contribution in [-0.2, 0) is 9.53 Å². The maximum absolute atomic E-state index is 13.2. The molecule has 2 aromatic heterocycles. The van der Waals surface area contributed by atoms with Gasteiger partial charge in [-0.1, -0.05) is 39.0 Å². The average Bonchev–Trinajstić information content (AvgIpc) is 3.06. The molecule has 0 saturated carbocycles. The number of hydrogen-bond donors (Lipinski definition) is 1. The fourth-order valence-corrected chi connectivity index (χ4v) is 4.14. The van der Waals surface area contributed by atoms with E-state index < -0.39 is 12.0 Å². The van der Waals surface area contributed by atoms with E-state index in [9.17, 15) is 14.4 Å². The van der Waals surface area contributed by atoms with Gasteiger partial charge in [0.1, 0.15) is 10.9 Å². The molecular weight excluding hydrogens is 402 g/mol. The Kier molecular flexibility index (Phi) is 6.66. The van der Waals surface area contributed by atoms with Crippen LogP contribution in [0.2, 0.25) is 0 Å². The second kappa shape index (κ2) is 9.21. The quantitative estimate of drug-likeness (QED) is 0.572. The standard InChI is InChI=1S/C22H25N3O4S/c1-5-16(22(28)29-11-13(2)3)25-12-23-20-17(21(25)27)14(4)18(30-20)19(26)24-15-9-7-6-8-10-15/h6-10,12-13,16H,5,11H2,1-4H3,(H,24,26). The lowest BCUT2D eigenvalue weighted by Crippen LogP contribution is -2.31. The zero-order valence-electron chi connectivity index (χ0n) is 17.5. The largest absolute Gasteiger partial charge is 0.464 e. The van der Waals surface area contributed by atoms with Crippen molar-refractivity contribution in [3.63, 3.8) is 0 Å². The van der Waals surface area contributed by atoms with Gasteiger partial charge in [0.2, 0.25) is 0 Å². The predicted molar refractivity (Wildman–Crippen MR) is 118 cm³/mol. The van der Waals surface area contributed by atoms with Crippen molar-refractivity contribution in [3.05, 3.63) is 57.5 Å². The van der Waals surface area contributed by atoms with Crippen LogP contribution >= 0.6 is 11.3 Å². The molecule has 0 aliphatic heterocycles. The average molecular weight is 428 g/mol. The van der Waals surface area contributed by atoms with Crippen molar-refractivity contribution in [2.45, 2.75) is 40.2 Å². The van der Waals surface area contributed by atoms with E-state index in [4.69, 9.17) is 4.74 Å². The number of hydrogen-bond acceptors (Lipinski definition) is 6. The maximum atomic E-state index is 13.2. The summed E-state index contributed by atoms with van der Waals surface area (Å²) in [7, 11) is 0. The Morgan fingerprint density at radius 1 is 1.23 bits per heavy atom. The van der Waals surface area contributed by atoms with Gasteiger partial charge < -0.3 is 10.1 Å². The number of ether oxygens (including phenoxy) is 1. The topological polar surface area (TPSA) is 90.3 Å². The summed E-state index contributed by atoms with van der Waals surface area (Å²) in [6.07, 6.45) is 1.76. The van der Waals surface area contributed by atoms with Crippen molar-refractivity contribution in [3.8, 4) is 0 Å². The van der Waals surface area contributed by atoms with Crippen molar-refractivity contribution in [1.82, 2.24) is 9.55 Å². The molecule has 158 valence electrons. The van der Waals surface area contributed by atoms with Crippen LogP contribution in [0.5, 0.6) is 0 Å². The normalized spacial score (nSPS) is 12.2. The van der Waals surface area contributed by atoms with E-state index in [2.05, 4.69) is 10.3 Å². The monoisotopic (exact) mass is 427 g/mol. The number of rotatable bonds is 7. The van der Waals surface area contributed by atoms with Gasteiger partial charge in [-0.05, 0) is 37.0 Å². The van der Waals surface area contributed by atoms with E-state index in [0.717, 1.165) is 11.3 Å². The van der Waals surface area contributed by atoms with Gasteiger partial charge in [-0.3, -0.25) is 14.2 Å². The lowest BCUT2D eigenvalue weighted by Gasteiger charge is -2.17. The van der Waals surface area contributed by atoms with E-state index >= 15 is 0 Å². The Balaban J connectivity index is 1.96. The van der Waals surface area contributed by atoms with E-state index in [-0.39, 0.29) is 17.4 Å². The van der Waals surface area contributed by atoms with Gasteiger partial charge in [0.15, 0.2) is 0 Å². The highest BCUT2D eigenvalue weighted by Crippen LogP contribution is 2.28. The summed E-state index contributed by atoms with van der Waals surface area (Å²) in [4.78, 5) is 43.7. The van der Waals surface area contributed by atoms with E-state index in [0.29, 0.717) is 39.4 Å². The summed E-state index contributed by atoms with van der Waals surface area (Å²) in [6, 6.07) is 8.35. The number of esters is 1. The number of thiophene rings is 1. The molecule has 0 radical (unpaired) electrons. The van der Waals surface area contributed by atoms with E-state index in [1.807, 2.05) is 39.0 Å². The zero-order chi connectivity index (χ0) is 21.8. The van der Waals surface area contributed by atoms with Crippen molar-refractivity contribution >= 4 is 39.1 Å². The minimum Gasteiger partial charge on any atom is -0.464 e. The van der Waals surface area contributed by atoms with Crippen molar-refractivity contribution in [2.24, 2.45) is 5.92 Å². The summed E-state index contributed by atoms with van der Waals surface area (Å²) in [5.74, 6) is -0.547. The number of carbonyl (C=O) groups excluding carboxylic acids is 2. The molecule has 3 rings (SSSR count). The third-order valence-corrected chi connectivity index (χ3v) is 5.87. The van der Waals surface area contributed by atoms with Crippen LogP contribution in [-0.4, -0.2) is 28.0 Å². The molecule has 3 aromatic rings. The first kappa shape index (κ1) is 21.7. The van der Waals surface area contributed by atoms with Crippen LogP contribution in [0.25, 0.3) is 10.2 Å². The van der Waals surface area contributed by atoms with Crippen LogP contribution in [0.3, 0.4) is 0 Å². The molecule has 1 aromatic carbocycles. The molecule has 1 N–H and O–H groups in total. The summed E-state index contributed by atoms with van der Waals surface area (Å²) < 4.78 is 6.64. The first-order chi connectivity index (χ1) is 14.3. The van der Waals surface area contributed by atoms with Crippen LogP contribution in [0.1, 0.15) is 48.5 Å². The summed E-state index contributed by atoms with van der Waals surface area (Å²) in [5.41, 5.74) is 0.880. The highest BCUT2D eigenvalue weighted by Gasteiger charge is 2.25. The molecular formula is C22H25N3O4S. The van der Waals surface area contributed by atoms with Crippen LogP contribution in [0.15, 0.2) is 41.5 Å². The molecule has 0 bridgehead atoms. The molecule has 0 spiro atoms. The molecule has 0 aliphatic carbocycles. The van der Waals surface area contributed by atoms with Gasteiger partial charge in [0, 0.05) is 5.69 Å². The van der Waals surface area contributed by atoms with Crippen molar-refractivity contribution in [1.29, 1.82) is 0 Å². The molecule has 1 atom stereocenters. The smallest absolute Gasteiger partial charge is 0.329 e. The fourth-order valence-electron chi connectivity index (χ4n) is 3.11. The number of fused-ring (bicyclic) bond motifs is 1. The molecule has 1 amide bonds. The lowest BCUT2D eigenvalue weighted by atomic mass is 10.1. The second-order valence-electron chi connectivity index (χ2n) is 7.46. The van der Waals surface area contributed by atoms with Crippen molar-refractivity contribution < 1.29 is 14.3 Å². The highest BCUT2D eigenvalue weighted by atomic mass is 32.1. The number of aromatic nitrogens is 2. The molecule has 2 heterocycles. The van der Waals surface area contributed by atoms with Crippen LogP contribution in [0, 0.1) is 12.8 Å². The van der Waals surface area contributed by atoms with Gasteiger partial charge in [0.05, 0.1) is 23.2 Å². The van der Waals surface area contributed by atoms with E-state index in [1.165, 1.54) is 10.9 Å². The number of amides is 1. The van der Waals surface area contributed by atoms with Gasteiger partial charge in [-0.2, -0.15) is 0 Å². The zero-order valence-corrected chi connectivity index (χ0v) is 18.3. The SMILES string of the molecule is CCC(C(=O)OCC(C)C)n1cnc2sc(C(=O)Nc3ccccc3)c(C)c2c1=O. The summed E-state index contributed by atoms with van der Waals surface area (Å²) >= 11 is 1.16. The molecule has 0 saturated heterocycles. The summed E-state index contributed by atoms with van der Waals surface area (Å²) in [6.45, 7) is 7.73. The Hall–Kier alpha value is -3.00. The second-order valence-corrected chi connectivity index (χ2v) is 8.46. The minimum absolute atomic E-state index is 0.202. The van der Waals surface area contributed by atoms with E-state index in [1.54, 1.807) is 19.1 Å². The highest BCUT2D eigenvalue weighted by molar-refractivity contribution is 7.20. The summed E-state index contributed by atoms with van der Waals surface area (Å²) in [5, 5.41) is 3.19. The number of aryl methyl sites for hydroxylation is 1. The minimum atomic E-state index is -0.756. The Morgan fingerprint density at radius 2 is 1.93 bits per heavy atom. The lowest BCUT2D eigenvalue weighted by molar-refractivity contribution is -0.149. The number of anilines is 1. The Morgan fingerprint density at radius 3 is 2.57 bits per heavy atom. The molecule has 7 nitrogen and oxygen atoms in total. The van der Waals surface area contributed by atoms with Gasteiger partial charge in [0.25, 0.3) is 11.5 Å². The van der Waals surface area contributed by atoms with Gasteiger partial charge >= 0.3 is 5.97 Å². The molecule has 1 unspecified atom stereocenters. The number of benzene rings is 1. The fraction of sp³-hybridized carbons (Fsp3) is 0.364. The van der Waals surface area contributed by atoms with Gasteiger partial charge in [-0.15, -0.1) is 11.3 Å². The first-order valence-electron chi connectivity index (χ1n) is 9.86. The third-order valence-electron chi connectivity index (χ3n) is 4.67. The number of para-hydroxylation sites is 1. The number of nitrogens with one attached hydrogen (secondary N) is 1. The van der Waals surface area contributed by atoms with Crippen LogP contribution in [0.4, 0.5) is 5.69 Å². The first-order valence-corrected chi connectivity index (χ1v) is 10.7. The number of nitrogens with zero attached hydrogens (tertiary/aromatic N) is 2. The van der Waals surface area contributed by atoms with Crippen molar-refractivity contribution in [2.75, 3.05) is 11.9 Å². The molecule has 0 fully saturated rings. The third kappa shape index (κ3) is 4.43. The molecule has 8 heteroatoms. The van der Waals surface area contributed by atoms with Gasteiger partial charge in [-0.25, -0.2) is 9.78 Å². The maximum Gasteiger partial charge on any atom is 0.329 e.